The van der Waals surface area contributed by atoms with Crippen molar-refractivity contribution in [1.82, 2.24) is 14.5 Å². The summed E-state index contributed by atoms with van der Waals surface area (Å²) in [5.41, 5.74) is 11.4. The van der Waals surface area contributed by atoms with Crippen LogP contribution in [0.5, 0.6) is 0 Å². The van der Waals surface area contributed by atoms with Crippen LogP contribution < -0.4 is 5.73 Å². The Balaban J connectivity index is 1.89. The zero-order chi connectivity index (χ0) is 22.8. The van der Waals surface area contributed by atoms with Crippen LogP contribution in [0, 0.1) is 5.92 Å². The maximum atomic E-state index is 13.1. The molecule has 6 nitrogen and oxygen atoms in total. The van der Waals surface area contributed by atoms with E-state index in [-0.39, 0.29) is 11.5 Å². The number of para-hydroxylation sites is 2. The van der Waals surface area contributed by atoms with E-state index in [9.17, 15) is 4.79 Å². The van der Waals surface area contributed by atoms with E-state index in [0.717, 1.165) is 24.0 Å². The molecule has 0 radical (unpaired) electrons. The molecule has 0 fully saturated rings. The minimum Gasteiger partial charge on any atom is -0.462 e. The molecular formula is C26H30N4O2. The number of carbonyl (C=O) groups is 1. The van der Waals surface area contributed by atoms with Crippen LogP contribution in [0.4, 0.5) is 5.82 Å². The Morgan fingerprint density at radius 3 is 2.28 bits per heavy atom. The van der Waals surface area contributed by atoms with Crippen LogP contribution in [0.1, 0.15) is 62.4 Å². The zero-order valence-electron chi connectivity index (χ0n) is 19.1. The topological polar surface area (TPSA) is 83.0 Å². The number of hydrogen-bond donors (Lipinski definition) is 1. The van der Waals surface area contributed by atoms with Gasteiger partial charge in [-0.3, -0.25) is 4.57 Å². The normalized spacial score (nSPS) is 13.4. The van der Waals surface area contributed by atoms with Gasteiger partial charge in [0, 0.05) is 5.69 Å². The third kappa shape index (κ3) is 3.93. The first-order valence-electron chi connectivity index (χ1n) is 11.3. The number of nitrogens with two attached hydrogens (primary N) is 1. The van der Waals surface area contributed by atoms with Crippen molar-refractivity contribution in [3.05, 3.63) is 59.7 Å². The third-order valence-electron chi connectivity index (χ3n) is 6.23. The largest absolute Gasteiger partial charge is 0.462 e. The van der Waals surface area contributed by atoms with Crippen molar-refractivity contribution in [3.8, 4) is 5.69 Å². The Bertz CT molecular complexity index is 1260. The summed E-state index contributed by atoms with van der Waals surface area (Å²) in [4.78, 5) is 22.6. The molecule has 0 aliphatic heterocycles. The van der Waals surface area contributed by atoms with Crippen molar-refractivity contribution in [2.75, 3.05) is 12.3 Å². The lowest BCUT2D eigenvalue weighted by Gasteiger charge is -2.12. The molecular weight excluding hydrogens is 400 g/mol. The monoisotopic (exact) mass is 430 g/mol. The molecule has 0 aliphatic carbocycles. The molecule has 0 spiro atoms. The van der Waals surface area contributed by atoms with Crippen LogP contribution in [0.2, 0.25) is 0 Å². The first kappa shape index (κ1) is 21.8. The molecule has 0 unspecified atom stereocenters. The summed E-state index contributed by atoms with van der Waals surface area (Å²) in [6.45, 7) is 8.84. The standard InChI is InChI=1S/C26H30N4O2/c1-5-16(3)15-32-26(31)22-23-25(29-21-10-8-7-9-20(21)28-23)30(24(22)27)19-13-11-18(12-14-19)17(4)6-2/h7-14,16-17H,5-6,15,27H2,1-4H3/t16-,17-/m1/s1. The number of nitrogen functional groups attached to an aromatic ring is 1. The Labute approximate surface area is 188 Å². The number of ether oxygens (including phenoxy) is 1. The van der Waals surface area contributed by atoms with Gasteiger partial charge in [0.05, 0.1) is 17.6 Å². The van der Waals surface area contributed by atoms with Crippen molar-refractivity contribution in [2.45, 2.75) is 46.5 Å². The molecule has 2 heterocycles. The molecule has 2 atom stereocenters. The van der Waals surface area contributed by atoms with Gasteiger partial charge in [0.1, 0.15) is 16.9 Å². The van der Waals surface area contributed by atoms with Crippen molar-refractivity contribution in [2.24, 2.45) is 5.92 Å². The molecule has 2 aromatic carbocycles. The number of fused-ring (bicyclic) bond motifs is 2. The SMILES string of the molecule is CC[C@@H](C)COC(=O)c1c(N)n(-c2ccc([C@H](C)CC)cc2)c2nc3ccccc3nc12. The van der Waals surface area contributed by atoms with Gasteiger partial charge in [0.2, 0.25) is 0 Å². The number of benzene rings is 2. The number of esters is 1. The van der Waals surface area contributed by atoms with E-state index < -0.39 is 5.97 Å². The fourth-order valence-corrected chi connectivity index (χ4v) is 3.72. The van der Waals surface area contributed by atoms with Crippen molar-refractivity contribution >= 4 is 34.0 Å². The van der Waals surface area contributed by atoms with Gasteiger partial charge in [-0.2, -0.15) is 0 Å². The number of hydrogen-bond acceptors (Lipinski definition) is 5. The Hall–Kier alpha value is -3.41. The lowest BCUT2D eigenvalue weighted by atomic mass is 9.99. The fourth-order valence-electron chi connectivity index (χ4n) is 3.72. The highest BCUT2D eigenvalue weighted by atomic mass is 16.5. The lowest BCUT2D eigenvalue weighted by molar-refractivity contribution is 0.0450. The molecule has 2 aromatic heterocycles. The minimum absolute atomic E-state index is 0.271. The maximum Gasteiger partial charge on any atom is 0.344 e. The summed E-state index contributed by atoms with van der Waals surface area (Å²) in [6.07, 6.45) is 2.00. The summed E-state index contributed by atoms with van der Waals surface area (Å²) in [7, 11) is 0. The summed E-state index contributed by atoms with van der Waals surface area (Å²) < 4.78 is 7.40. The highest BCUT2D eigenvalue weighted by molar-refractivity contribution is 6.09. The quantitative estimate of drug-likeness (QED) is 0.371. The number of carbonyl (C=O) groups excluding carboxylic acids is 1. The molecule has 166 valence electrons. The molecule has 0 saturated carbocycles. The van der Waals surface area contributed by atoms with Crippen LogP contribution in [-0.4, -0.2) is 27.1 Å². The van der Waals surface area contributed by atoms with Gasteiger partial charge in [-0.05, 0) is 48.1 Å². The average molecular weight is 431 g/mol. The van der Waals surface area contributed by atoms with E-state index in [1.165, 1.54) is 5.56 Å². The van der Waals surface area contributed by atoms with Gasteiger partial charge < -0.3 is 10.5 Å². The molecule has 0 aliphatic rings. The highest BCUT2D eigenvalue weighted by Crippen LogP contribution is 2.32. The second-order valence-corrected chi connectivity index (χ2v) is 8.49. The van der Waals surface area contributed by atoms with E-state index in [4.69, 9.17) is 20.4 Å². The molecule has 0 amide bonds. The average Bonchev–Trinajstić information content (AvgIpc) is 3.10. The zero-order valence-corrected chi connectivity index (χ0v) is 19.1. The molecule has 2 N–H and O–H groups in total. The van der Waals surface area contributed by atoms with Gasteiger partial charge in [-0.1, -0.05) is 58.4 Å². The van der Waals surface area contributed by atoms with Crippen LogP contribution in [0.25, 0.3) is 27.9 Å². The third-order valence-corrected chi connectivity index (χ3v) is 6.23. The molecule has 6 heteroatoms. The molecule has 0 bridgehead atoms. The number of rotatable bonds is 7. The Kier molecular flexibility index (Phi) is 6.12. The second-order valence-electron chi connectivity index (χ2n) is 8.49. The van der Waals surface area contributed by atoms with E-state index >= 15 is 0 Å². The van der Waals surface area contributed by atoms with E-state index in [1.807, 2.05) is 43.3 Å². The van der Waals surface area contributed by atoms with E-state index in [0.29, 0.717) is 35.0 Å². The number of aromatic nitrogens is 3. The predicted octanol–water partition coefficient (Wildman–Crippen LogP) is 5.87. The van der Waals surface area contributed by atoms with Crippen molar-refractivity contribution in [3.63, 3.8) is 0 Å². The summed E-state index contributed by atoms with van der Waals surface area (Å²) in [5.74, 6) is 0.569. The van der Waals surface area contributed by atoms with Crippen LogP contribution in [-0.2, 0) is 4.74 Å². The van der Waals surface area contributed by atoms with Gasteiger partial charge in [0.15, 0.2) is 5.65 Å². The Morgan fingerprint density at radius 2 is 1.66 bits per heavy atom. The van der Waals surface area contributed by atoms with E-state index in [2.05, 4.69) is 32.9 Å². The minimum atomic E-state index is -0.465. The van der Waals surface area contributed by atoms with Crippen molar-refractivity contribution in [1.29, 1.82) is 0 Å². The van der Waals surface area contributed by atoms with Crippen molar-refractivity contribution < 1.29 is 9.53 Å². The smallest absolute Gasteiger partial charge is 0.344 e. The summed E-state index contributed by atoms with van der Waals surface area (Å²) in [5, 5.41) is 0. The number of nitrogens with zero attached hydrogens (tertiary/aromatic N) is 3. The van der Waals surface area contributed by atoms with Gasteiger partial charge in [-0.25, -0.2) is 14.8 Å². The first-order valence-corrected chi connectivity index (χ1v) is 11.3. The maximum absolute atomic E-state index is 13.1. The first-order chi connectivity index (χ1) is 15.4. The summed E-state index contributed by atoms with van der Waals surface area (Å²) in [6, 6.07) is 15.8. The predicted molar refractivity (Wildman–Crippen MR) is 129 cm³/mol. The Morgan fingerprint density at radius 1 is 1.00 bits per heavy atom. The molecule has 0 saturated heterocycles. The molecule has 4 aromatic rings. The van der Waals surface area contributed by atoms with Crippen LogP contribution in [0.15, 0.2) is 48.5 Å². The van der Waals surface area contributed by atoms with Gasteiger partial charge in [-0.15, -0.1) is 0 Å². The van der Waals surface area contributed by atoms with E-state index in [1.54, 1.807) is 4.57 Å². The van der Waals surface area contributed by atoms with Crippen LogP contribution in [0.3, 0.4) is 0 Å². The number of anilines is 1. The molecule has 4 rings (SSSR count). The second kappa shape index (κ2) is 8.99. The van der Waals surface area contributed by atoms with Gasteiger partial charge >= 0.3 is 5.97 Å². The van der Waals surface area contributed by atoms with Gasteiger partial charge in [0.25, 0.3) is 0 Å². The van der Waals surface area contributed by atoms with Crippen LogP contribution >= 0.6 is 0 Å². The molecule has 32 heavy (non-hydrogen) atoms. The fraction of sp³-hybridized carbons (Fsp3) is 0.346. The lowest BCUT2D eigenvalue weighted by Crippen LogP contribution is -2.13. The summed E-state index contributed by atoms with van der Waals surface area (Å²) >= 11 is 0. The highest BCUT2D eigenvalue weighted by Gasteiger charge is 2.26.